The quantitative estimate of drug-likeness (QED) is 0.893. The van der Waals surface area contributed by atoms with E-state index in [2.05, 4.69) is 27.8 Å². The molecule has 1 aliphatic rings. The van der Waals surface area contributed by atoms with Gasteiger partial charge in [-0.1, -0.05) is 35.0 Å². The van der Waals surface area contributed by atoms with Gasteiger partial charge in [-0.3, -0.25) is 4.90 Å². The predicted molar refractivity (Wildman–Crippen MR) is 79.9 cm³/mol. The molecule has 1 fully saturated rings. The van der Waals surface area contributed by atoms with Gasteiger partial charge in [-0.2, -0.15) is 0 Å². The monoisotopic (exact) mass is 327 g/mol. The van der Waals surface area contributed by atoms with Crippen molar-refractivity contribution in [2.24, 2.45) is 5.92 Å². The topological polar surface area (TPSA) is 43.7 Å². The van der Waals surface area contributed by atoms with Gasteiger partial charge in [-0.25, -0.2) is 0 Å². The molecule has 1 saturated heterocycles. The van der Waals surface area contributed by atoms with E-state index in [4.69, 9.17) is 0 Å². The van der Waals surface area contributed by atoms with Crippen molar-refractivity contribution in [3.63, 3.8) is 0 Å². The van der Waals surface area contributed by atoms with Crippen molar-refractivity contribution in [2.45, 2.75) is 31.9 Å². The fourth-order valence-corrected chi connectivity index (χ4v) is 3.31. The van der Waals surface area contributed by atoms with Crippen LogP contribution in [-0.2, 0) is 0 Å². The number of piperidine rings is 1. The van der Waals surface area contributed by atoms with Crippen molar-refractivity contribution in [2.75, 3.05) is 19.7 Å². The van der Waals surface area contributed by atoms with Crippen LogP contribution in [0, 0.1) is 5.92 Å². The van der Waals surface area contributed by atoms with Crippen LogP contribution < -0.4 is 0 Å². The number of halogens is 1. The molecule has 0 aromatic heterocycles. The van der Waals surface area contributed by atoms with Crippen LogP contribution in [0.4, 0.5) is 0 Å². The first-order valence-electron chi connectivity index (χ1n) is 6.90. The molecule has 0 spiro atoms. The van der Waals surface area contributed by atoms with Gasteiger partial charge in [0.1, 0.15) is 0 Å². The molecule has 0 bridgehead atoms. The van der Waals surface area contributed by atoms with Crippen molar-refractivity contribution in [3.8, 4) is 0 Å². The zero-order chi connectivity index (χ0) is 13.8. The van der Waals surface area contributed by atoms with Crippen LogP contribution in [0.5, 0.6) is 0 Å². The lowest BCUT2D eigenvalue weighted by atomic mass is 9.90. The highest BCUT2D eigenvalue weighted by Crippen LogP contribution is 2.26. The van der Waals surface area contributed by atoms with E-state index in [-0.39, 0.29) is 12.6 Å². The molecule has 2 rings (SSSR count). The molecule has 3 atom stereocenters. The van der Waals surface area contributed by atoms with E-state index in [9.17, 15) is 10.2 Å². The summed E-state index contributed by atoms with van der Waals surface area (Å²) in [5, 5.41) is 19.9. The smallest absolute Gasteiger partial charge is 0.0917 e. The first-order valence-corrected chi connectivity index (χ1v) is 7.69. The summed E-state index contributed by atoms with van der Waals surface area (Å²) in [5.41, 5.74) is 0.921. The summed E-state index contributed by atoms with van der Waals surface area (Å²) in [4.78, 5) is 2.22. The summed E-state index contributed by atoms with van der Waals surface area (Å²) in [6.45, 7) is 3.90. The van der Waals surface area contributed by atoms with Gasteiger partial charge in [0.2, 0.25) is 0 Å². The molecule has 1 aromatic carbocycles. The zero-order valence-electron chi connectivity index (χ0n) is 11.3. The van der Waals surface area contributed by atoms with Gasteiger partial charge >= 0.3 is 0 Å². The van der Waals surface area contributed by atoms with E-state index in [0.29, 0.717) is 12.5 Å². The zero-order valence-corrected chi connectivity index (χ0v) is 12.9. The van der Waals surface area contributed by atoms with Crippen molar-refractivity contribution in [1.82, 2.24) is 4.90 Å². The van der Waals surface area contributed by atoms with Crippen molar-refractivity contribution >= 4 is 15.9 Å². The Kier molecular flexibility index (Phi) is 5.39. The molecular formula is C15H22BrNO2. The van der Waals surface area contributed by atoms with Crippen LogP contribution in [0.1, 0.15) is 31.4 Å². The second kappa shape index (κ2) is 6.84. The summed E-state index contributed by atoms with van der Waals surface area (Å²) in [6, 6.07) is 7.96. The Bertz CT molecular complexity index is 413. The third-order valence-corrected chi connectivity index (χ3v) is 4.55. The van der Waals surface area contributed by atoms with E-state index in [1.807, 2.05) is 24.3 Å². The van der Waals surface area contributed by atoms with Crippen LogP contribution in [0.25, 0.3) is 0 Å². The number of hydrogen-bond donors (Lipinski definition) is 2. The molecule has 0 aliphatic carbocycles. The largest absolute Gasteiger partial charge is 0.395 e. The highest BCUT2D eigenvalue weighted by molar-refractivity contribution is 9.10. The number of rotatable bonds is 4. The highest BCUT2D eigenvalue weighted by Gasteiger charge is 2.29. The van der Waals surface area contributed by atoms with E-state index >= 15 is 0 Å². The fraction of sp³-hybridized carbons (Fsp3) is 0.600. The van der Waals surface area contributed by atoms with E-state index in [1.54, 1.807) is 0 Å². The minimum absolute atomic E-state index is 0.173. The minimum atomic E-state index is -0.503. The number of hydrogen-bond acceptors (Lipinski definition) is 3. The fourth-order valence-electron chi connectivity index (χ4n) is 2.90. The Morgan fingerprint density at radius 3 is 2.95 bits per heavy atom. The molecule has 4 heteroatoms. The van der Waals surface area contributed by atoms with Crippen LogP contribution in [0.2, 0.25) is 0 Å². The molecule has 1 aromatic rings. The first-order chi connectivity index (χ1) is 9.11. The number of β-amino-alcohol motifs (C(OH)–C–C–N with tert-alkyl or cyclic N) is 1. The second-order valence-electron chi connectivity index (χ2n) is 5.44. The Morgan fingerprint density at radius 2 is 2.26 bits per heavy atom. The number of nitrogens with zero attached hydrogens (tertiary/aromatic N) is 1. The third-order valence-electron chi connectivity index (χ3n) is 4.06. The maximum absolute atomic E-state index is 10.4. The van der Waals surface area contributed by atoms with Crippen LogP contribution in [0.15, 0.2) is 28.7 Å². The predicted octanol–water partition coefficient (Wildman–Crippen LogP) is 2.58. The molecule has 0 radical (unpaired) electrons. The van der Waals surface area contributed by atoms with E-state index < -0.39 is 6.10 Å². The van der Waals surface area contributed by atoms with E-state index in [1.165, 1.54) is 0 Å². The van der Waals surface area contributed by atoms with Gasteiger partial charge in [-0.05, 0) is 43.0 Å². The standard InChI is InChI=1S/C15H22BrNO2/c1-11-4-3-7-17(14(11)10-18)9-15(19)12-5-2-6-13(16)8-12/h2,5-6,8,11,14-15,18-19H,3-4,7,9-10H2,1H3. The van der Waals surface area contributed by atoms with Gasteiger partial charge in [0.15, 0.2) is 0 Å². The van der Waals surface area contributed by atoms with Crippen LogP contribution in [-0.4, -0.2) is 40.9 Å². The minimum Gasteiger partial charge on any atom is -0.395 e. The summed E-state index contributed by atoms with van der Waals surface area (Å²) in [6.07, 6.45) is 1.80. The summed E-state index contributed by atoms with van der Waals surface area (Å²) in [7, 11) is 0. The Morgan fingerprint density at radius 1 is 1.47 bits per heavy atom. The molecule has 3 unspecified atom stereocenters. The number of benzene rings is 1. The first kappa shape index (κ1) is 15.0. The molecular weight excluding hydrogens is 306 g/mol. The Labute approximate surface area is 123 Å². The average Bonchev–Trinajstić information content (AvgIpc) is 2.39. The lowest BCUT2D eigenvalue weighted by Gasteiger charge is -2.40. The van der Waals surface area contributed by atoms with Gasteiger partial charge in [0.05, 0.1) is 12.7 Å². The van der Waals surface area contributed by atoms with Crippen LogP contribution in [0.3, 0.4) is 0 Å². The van der Waals surface area contributed by atoms with Crippen LogP contribution >= 0.6 is 15.9 Å². The number of likely N-dealkylation sites (tertiary alicyclic amines) is 1. The molecule has 3 nitrogen and oxygen atoms in total. The summed E-state index contributed by atoms with van der Waals surface area (Å²) >= 11 is 3.43. The molecule has 106 valence electrons. The maximum Gasteiger partial charge on any atom is 0.0917 e. The Hall–Kier alpha value is -0.420. The Balaban J connectivity index is 2.03. The van der Waals surface area contributed by atoms with E-state index in [0.717, 1.165) is 29.4 Å². The normalized spacial score (nSPS) is 26.3. The number of aliphatic hydroxyl groups is 2. The second-order valence-corrected chi connectivity index (χ2v) is 6.35. The molecule has 1 heterocycles. The maximum atomic E-state index is 10.4. The molecule has 0 amide bonds. The van der Waals surface area contributed by atoms with Crippen molar-refractivity contribution in [3.05, 3.63) is 34.3 Å². The molecule has 19 heavy (non-hydrogen) atoms. The van der Waals surface area contributed by atoms with Crippen molar-refractivity contribution < 1.29 is 10.2 Å². The SMILES string of the molecule is CC1CCCN(CC(O)c2cccc(Br)c2)C1CO. The molecule has 2 N–H and O–H groups in total. The lowest BCUT2D eigenvalue weighted by molar-refractivity contribution is 0.0166. The van der Waals surface area contributed by atoms with Gasteiger partial charge in [0, 0.05) is 17.1 Å². The van der Waals surface area contributed by atoms with Gasteiger partial charge in [0.25, 0.3) is 0 Å². The van der Waals surface area contributed by atoms with Crippen molar-refractivity contribution in [1.29, 1.82) is 0 Å². The molecule has 0 saturated carbocycles. The lowest BCUT2D eigenvalue weighted by Crippen LogP contribution is -2.48. The summed E-state index contributed by atoms with van der Waals surface area (Å²) < 4.78 is 0.981. The average molecular weight is 328 g/mol. The van der Waals surface area contributed by atoms with Gasteiger partial charge < -0.3 is 10.2 Å². The summed E-state index contributed by atoms with van der Waals surface area (Å²) in [5.74, 6) is 0.494. The highest BCUT2D eigenvalue weighted by atomic mass is 79.9. The number of aliphatic hydroxyl groups excluding tert-OH is 2. The van der Waals surface area contributed by atoms with Gasteiger partial charge in [-0.15, -0.1) is 0 Å². The molecule has 1 aliphatic heterocycles. The third kappa shape index (κ3) is 3.78.